The number of hydrazone groups is 1. The summed E-state index contributed by atoms with van der Waals surface area (Å²) >= 11 is 7.70. The van der Waals surface area contributed by atoms with Crippen molar-refractivity contribution in [3.8, 4) is 5.75 Å². The number of fused-ring (bicyclic) bond motifs is 2. The molecule has 4 nitrogen and oxygen atoms in total. The SMILES string of the molecule is COc1ccc2ccccc2c1/C=N/NC(=O)c1sc2ccccc2c1Cl. The molecule has 0 aliphatic rings. The number of amides is 1. The van der Waals surface area contributed by atoms with Gasteiger partial charge in [0.05, 0.1) is 18.3 Å². The lowest BCUT2D eigenvalue weighted by molar-refractivity contribution is 0.0959. The van der Waals surface area contributed by atoms with E-state index in [4.69, 9.17) is 16.3 Å². The second-order valence-corrected chi connectivity index (χ2v) is 7.27. The number of carbonyl (C=O) groups is 1. The fraction of sp³-hybridized carbons (Fsp3) is 0.0476. The lowest BCUT2D eigenvalue weighted by atomic mass is 10.0. The van der Waals surface area contributed by atoms with Gasteiger partial charge < -0.3 is 4.74 Å². The Labute approximate surface area is 165 Å². The summed E-state index contributed by atoms with van der Waals surface area (Å²) in [5.41, 5.74) is 3.37. The topological polar surface area (TPSA) is 50.7 Å². The summed E-state index contributed by atoms with van der Waals surface area (Å²) in [6, 6.07) is 19.5. The van der Waals surface area contributed by atoms with Gasteiger partial charge in [0.2, 0.25) is 0 Å². The Hall–Kier alpha value is -2.89. The number of ether oxygens (including phenoxy) is 1. The van der Waals surface area contributed by atoms with Crippen LogP contribution in [-0.4, -0.2) is 19.2 Å². The number of benzene rings is 3. The molecule has 1 amide bonds. The molecule has 1 aromatic heterocycles. The van der Waals surface area contributed by atoms with Crippen molar-refractivity contribution in [2.75, 3.05) is 7.11 Å². The number of nitrogens with one attached hydrogen (secondary N) is 1. The predicted molar refractivity (Wildman–Crippen MR) is 112 cm³/mol. The van der Waals surface area contributed by atoms with Gasteiger partial charge in [-0.2, -0.15) is 5.10 Å². The fourth-order valence-corrected chi connectivity index (χ4v) is 4.36. The second-order valence-electron chi connectivity index (χ2n) is 5.84. The van der Waals surface area contributed by atoms with Crippen molar-refractivity contribution in [1.82, 2.24) is 5.43 Å². The summed E-state index contributed by atoms with van der Waals surface area (Å²) in [5.74, 6) is 0.350. The molecule has 0 unspecified atom stereocenters. The Bertz CT molecular complexity index is 1180. The number of methoxy groups -OCH3 is 1. The number of carbonyl (C=O) groups excluding carboxylic acids is 1. The molecule has 0 saturated heterocycles. The monoisotopic (exact) mass is 394 g/mol. The van der Waals surface area contributed by atoms with E-state index in [1.165, 1.54) is 11.3 Å². The van der Waals surface area contributed by atoms with Crippen molar-refractivity contribution in [3.05, 3.63) is 76.1 Å². The van der Waals surface area contributed by atoms with Crippen LogP contribution in [0.4, 0.5) is 0 Å². The largest absolute Gasteiger partial charge is 0.496 e. The van der Waals surface area contributed by atoms with Crippen LogP contribution in [0.2, 0.25) is 5.02 Å². The van der Waals surface area contributed by atoms with Gasteiger partial charge in [0.15, 0.2) is 0 Å². The van der Waals surface area contributed by atoms with E-state index in [1.807, 2.05) is 60.7 Å². The maximum absolute atomic E-state index is 12.5. The standard InChI is InChI=1S/C21H15ClN2O2S/c1-26-17-11-10-13-6-2-3-7-14(13)16(17)12-23-24-21(25)20-19(22)15-8-4-5-9-18(15)27-20/h2-12H,1H3,(H,24,25)/b23-12+. The summed E-state index contributed by atoms with van der Waals surface area (Å²) in [4.78, 5) is 13.0. The van der Waals surface area contributed by atoms with Crippen molar-refractivity contribution in [2.45, 2.75) is 0 Å². The third-order valence-corrected chi connectivity index (χ3v) is 5.93. The smallest absolute Gasteiger partial charge is 0.283 e. The highest BCUT2D eigenvalue weighted by Gasteiger charge is 2.16. The van der Waals surface area contributed by atoms with Crippen molar-refractivity contribution < 1.29 is 9.53 Å². The van der Waals surface area contributed by atoms with E-state index in [-0.39, 0.29) is 5.91 Å². The highest BCUT2D eigenvalue weighted by molar-refractivity contribution is 7.21. The molecule has 3 aromatic carbocycles. The highest BCUT2D eigenvalue weighted by Crippen LogP contribution is 2.35. The Kier molecular flexibility index (Phi) is 4.79. The molecule has 4 rings (SSSR count). The van der Waals surface area contributed by atoms with Crippen LogP contribution in [-0.2, 0) is 0 Å². The Morgan fingerprint density at radius 1 is 1.07 bits per heavy atom. The van der Waals surface area contributed by atoms with Crippen LogP contribution in [0.5, 0.6) is 5.75 Å². The molecule has 0 saturated carbocycles. The molecule has 1 N–H and O–H groups in total. The number of hydrogen-bond donors (Lipinski definition) is 1. The Morgan fingerprint density at radius 2 is 1.81 bits per heavy atom. The Morgan fingerprint density at radius 3 is 2.59 bits per heavy atom. The third kappa shape index (κ3) is 3.27. The van der Waals surface area contributed by atoms with E-state index in [0.29, 0.717) is 15.6 Å². The van der Waals surface area contributed by atoms with Gasteiger partial charge >= 0.3 is 0 Å². The van der Waals surface area contributed by atoms with E-state index in [2.05, 4.69) is 10.5 Å². The van der Waals surface area contributed by atoms with E-state index in [0.717, 1.165) is 26.4 Å². The zero-order valence-corrected chi connectivity index (χ0v) is 16.0. The third-order valence-electron chi connectivity index (χ3n) is 4.25. The molecule has 0 bridgehead atoms. The van der Waals surface area contributed by atoms with E-state index < -0.39 is 0 Å². The molecule has 0 aliphatic heterocycles. The summed E-state index contributed by atoms with van der Waals surface area (Å²) in [6.07, 6.45) is 1.60. The normalized spacial score (nSPS) is 11.3. The van der Waals surface area contributed by atoms with Gasteiger partial charge in [-0.05, 0) is 22.9 Å². The van der Waals surface area contributed by atoms with Crippen molar-refractivity contribution >= 4 is 55.9 Å². The van der Waals surface area contributed by atoms with Crippen LogP contribution in [0.1, 0.15) is 15.2 Å². The molecule has 0 atom stereocenters. The first kappa shape index (κ1) is 17.5. The van der Waals surface area contributed by atoms with E-state index in [9.17, 15) is 4.79 Å². The van der Waals surface area contributed by atoms with Crippen LogP contribution in [0, 0.1) is 0 Å². The molecule has 0 spiro atoms. The van der Waals surface area contributed by atoms with Crippen LogP contribution in [0.25, 0.3) is 20.9 Å². The van der Waals surface area contributed by atoms with Crippen molar-refractivity contribution in [2.24, 2.45) is 5.10 Å². The number of thiophene rings is 1. The quantitative estimate of drug-likeness (QED) is 0.368. The molecule has 0 radical (unpaired) electrons. The van der Waals surface area contributed by atoms with Crippen LogP contribution >= 0.6 is 22.9 Å². The molecule has 0 aliphatic carbocycles. The first-order valence-corrected chi connectivity index (χ1v) is 9.44. The number of halogens is 1. The van der Waals surface area contributed by atoms with Gasteiger partial charge in [0.1, 0.15) is 10.6 Å². The minimum atomic E-state index is -0.336. The lowest BCUT2D eigenvalue weighted by Gasteiger charge is -2.08. The summed E-state index contributed by atoms with van der Waals surface area (Å²) in [7, 11) is 1.61. The molecule has 1 heterocycles. The zero-order chi connectivity index (χ0) is 18.8. The van der Waals surface area contributed by atoms with E-state index >= 15 is 0 Å². The van der Waals surface area contributed by atoms with Gasteiger partial charge in [-0.25, -0.2) is 5.43 Å². The number of rotatable bonds is 4. The molecule has 134 valence electrons. The van der Waals surface area contributed by atoms with E-state index in [1.54, 1.807) is 13.3 Å². The average molecular weight is 395 g/mol. The first-order chi connectivity index (χ1) is 13.2. The molecular weight excluding hydrogens is 380 g/mol. The highest BCUT2D eigenvalue weighted by atomic mass is 35.5. The van der Waals surface area contributed by atoms with Crippen LogP contribution in [0.3, 0.4) is 0 Å². The number of nitrogens with zero attached hydrogens (tertiary/aromatic N) is 1. The summed E-state index contributed by atoms with van der Waals surface area (Å²) < 4.78 is 6.40. The number of hydrogen-bond acceptors (Lipinski definition) is 4. The maximum Gasteiger partial charge on any atom is 0.283 e. The minimum absolute atomic E-state index is 0.336. The first-order valence-electron chi connectivity index (χ1n) is 8.25. The molecule has 6 heteroatoms. The van der Waals surface area contributed by atoms with Gasteiger partial charge in [-0.15, -0.1) is 11.3 Å². The van der Waals surface area contributed by atoms with Crippen molar-refractivity contribution in [1.29, 1.82) is 0 Å². The van der Waals surface area contributed by atoms with Gasteiger partial charge in [-0.1, -0.05) is 60.1 Å². The molecular formula is C21H15ClN2O2S. The summed E-state index contributed by atoms with van der Waals surface area (Å²) in [6.45, 7) is 0. The molecule has 27 heavy (non-hydrogen) atoms. The Balaban J connectivity index is 1.63. The average Bonchev–Trinajstić information content (AvgIpc) is 3.05. The summed E-state index contributed by atoms with van der Waals surface area (Å²) in [5, 5.41) is 7.51. The lowest BCUT2D eigenvalue weighted by Crippen LogP contribution is -2.16. The van der Waals surface area contributed by atoms with Crippen LogP contribution in [0.15, 0.2) is 65.8 Å². The second kappa shape index (κ2) is 7.39. The zero-order valence-electron chi connectivity index (χ0n) is 14.4. The fourth-order valence-electron chi connectivity index (χ4n) is 2.95. The van der Waals surface area contributed by atoms with Gasteiger partial charge in [0.25, 0.3) is 5.91 Å². The van der Waals surface area contributed by atoms with Gasteiger partial charge in [0, 0.05) is 15.6 Å². The minimum Gasteiger partial charge on any atom is -0.496 e. The van der Waals surface area contributed by atoms with Crippen molar-refractivity contribution in [3.63, 3.8) is 0 Å². The predicted octanol–water partition coefficient (Wildman–Crippen LogP) is 5.48. The molecule has 0 fully saturated rings. The maximum atomic E-state index is 12.5. The van der Waals surface area contributed by atoms with Crippen LogP contribution < -0.4 is 10.2 Å². The molecule has 4 aromatic rings. The van der Waals surface area contributed by atoms with Gasteiger partial charge in [-0.3, -0.25) is 4.79 Å².